The fourth-order valence-corrected chi connectivity index (χ4v) is 2.47. The summed E-state index contributed by atoms with van der Waals surface area (Å²) in [6, 6.07) is 12.1. The number of nitrogens with zero attached hydrogens (tertiary/aromatic N) is 3. The number of nitrogens with one attached hydrogen (secondary N) is 2. The molecule has 3 rings (SSSR count). The third-order valence-electron chi connectivity index (χ3n) is 3.54. The van der Waals surface area contributed by atoms with E-state index in [1.807, 2.05) is 36.5 Å². The number of para-hydroxylation sites is 1. The number of hydrogen-bond donors (Lipinski definition) is 3. The van der Waals surface area contributed by atoms with Crippen LogP contribution >= 0.6 is 0 Å². The van der Waals surface area contributed by atoms with E-state index >= 15 is 0 Å². The lowest BCUT2D eigenvalue weighted by Crippen LogP contribution is -2.03. The van der Waals surface area contributed by atoms with E-state index in [1.165, 1.54) is 0 Å². The van der Waals surface area contributed by atoms with E-state index in [4.69, 9.17) is 11.0 Å². The number of nitrogens with two attached hydrogens (primary N) is 1. The van der Waals surface area contributed by atoms with Gasteiger partial charge in [-0.25, -0.2) is 0 Å². The molecule has 2 aromatic heterocycles. The Bertz CT molecular complexity index is 874. The fraction of sp³-hybridized carbons (Fsp3) is 0.133. The number of benzene rings is 1. The van der Waals surface area contributed by atoms with Crippen molar-refractivity contribution in [2.45, 2.75) is 12.3 Å². The van der Waals surface area contributed by atoms with Crippen molar-refractivity contribution in [1.82, 2.24) is 15.2 Å². The third kappa shape index (κ3) is 2.09. The minimum atomic E-state index is -0.497. The molecule has 0 aliphatic carbocycles. The highest BCUT2D eigenvalue weighted by Gasteiger charge is 2.21. The highest BCUT2D eigenvalue weighted by atomic mass is 15.2. The second kappa shape index (κ2) is 5.03. The number of aromatic nitrogens is 3. The minimum absolute atomic E-state index is 0.131. The molecule has 0 saturated carbocycles. The molecule has 102 valence electrons. The monoisotopic (exact) mass is 276 g/mol. The summed E-state index contributed by atoms with van der Waals surface area (Å²) in [6.07, 6.45) is 2.37. The smallest absolute Gasteiger partial charge is 0.163 e. The van der Waals surface area contributed by atoms with Crippen LogP contribution in [-0.4, -0.2) is 15.2 Å². The van der Waals surface area contributed by atoms with Gasteiger partial charge < -0.3 is 10.7 Å². The second-order valence-electron chi connectivity index (χ2n) is 4.75. The fourth-order valence-electron chi connectivity index (χ4n) is 2.47. The zero-order chi connectivity index (χ0) is 14.8. The summed E-state index contributed by atoms with van der Waals surface area (Å²) in [7, 11) is 0. The lowest BCUT2D eigenvalue weighted by Gasteiger charge is -2.06. The summed E-state index contributed by atoms with van der Waals surface area (Å²) < 4.78 is 0. The molecular formula is C15H12N6. The summed E-state index contributed by atoms with van der Waals surface area (Å²) in [5, 5.41) is 26.1. The molecule has 0 aliphatic heterocycles. The first-order chi connectivity index (χ1) is 10.2. The number of H-pyrrole nitrogens is 2. The second-order valence-corrected chi connectivity index (χ2v) is 4.75. The Kier molecular flexibility index (Phi) is 3.06. The van der Waals surface area contributed by atoms with Gasteiger partial charge in [0, 0.05) is 17.1 Å². The van der Waals surface area contributed by atoms with Crippen LogP contribution in [0.3, 0.4) is 0 Å². The van der Waals surface area contributed by atoms with Crippen LogP contribution in [0.5, 0.6) is 0 Å². The van der Waals surface area contributed by atoms with Crippen LogP contribution in [0.1, 0.15) is 22.7 Å². The number of hydrogen-bond acceptors (Lipinski definition) is 4. The Morgan fingerprint density at radius 2 is 2.10 bits per heavy atom. The minimum Gasteiger partial charge on any atom is -0.381 e. The molecule has 0 saturated heterocycles. The van der Waals surface area contributed by atoms with E-state index in [2.05, 4.69) is 21.3 Å². The molecule has 6 nitrogen and oxygen atoms in total. The van der Waals surface area contributed by atoms with Gasteiger partial charge in [-0.1, -0.05) is 18.2 Å². The Morgan fingerprint density at radius 1 is 1.29 bits per heavy atom. The quantitative estimate of drug-likeness (QED) is 0.679. The van der Waals surface area contributed by atoms with Crippen LogP contribution < -0.4 is 5.73 Å². The standard InChI is InChI=1S/C15H12N6/c16-6-9(14-12(7-17)15(18)21-20-14)5-10-8-19-13-4-2-1-3-11(10)13/h1-4,8-9,19H,5H2,(H3,18,20,21). The maximum Gasteiger partial charge on any atom is 0.163 e. The molecule has 21 heavy (non-hydrogen) atoms. The van der Waals surface area contributed by atoms with Gasteiger partial charge in [0.15, 0.2) is 5.82 Å². The van der Waals surface area contributed by atoms with Crippen molar-refractivity contribution in [3.8, 4) is 12.1 Å². The van der Waals surface area contributed by atoms with Crippen LogP contribution in [0, 0.1) is 22.7 Å². The number of aromatic amines is 2. The largest absolute Gasteiger partial charge is 0.381 e. The van der Waals surface area contributed by atoms with Gasteiger partial charge in [-0.05, 0) is 18.1 Å². The molecule has 1 aromatic carbocycles. The van der Waals surface area contributed by atoms with E-state index < -0.39 is 5.92 Å². The van der Waals surface area contributed by atoms with E-state index in [1.54, 1.807) is 0 Å². The van der Waals surface area contributed by atoms with E-state index in [0.717, 1.165) is 16.5 Å². The molecule has 4 N–H and O–H groups in total. The van der Waals surface area contributed by atoms with Gasteiger partial charge in [0.2, 0.25) is 0 Å². The molecule has 3 aromatic rings. The van der Waals surface area contributed by atoms with Crippen molar-refractivity contribution in [2.75, 3.05) is 5.73 Å². The molecule has 0 amide bonds. The topological polar surface area (TPSA) is 118 Å². The summed E-state index contributed by atoms with van der Waals surface area (Å²) in [4.78, 5) is 3.18. The molecular weight excluding hydrogens is 264 g/mol. The van der Waals surface area contributed by atoms with E-state index in [-0.39, 0.29) is 11.4 Å². The lowest BCUT2D eigenvalue weighted by molar-refractivity contribution is 0.805. The van der Waals surface area contributed by atoms with Crippen molar-refractivity contribution in [3.05, 3.63) is 47.3 Å². The van der Waals surface area contributed by atoms with Gasteiger partial charge in [-0.3, -0.25) is 5.10 Å². The number of anilines is 1. The molecule has 1 atom stereocenters. The first kappa shape index (κ1) is 12.8. The SMILES string of the molecule is N#Cc1c(N)n[nH]c1C(C#N)Cc1c[nH]c2ccccc12. The van der Waals surface area contributed by atoms with Crippen molar-refractivity contribution in [2.24, 2.45) is 0 Å². The highest BCUT2D eigenvalue weighted by Crippen LogP contribution is 2.27. The van der Waals surface area contributed by atoms with Crippen LogP contribution in [-0.2, 0) is 6.42 Å². The molecule has 0 radical (unpaired) electrons. The van der Waals surface area contributed by atoms with Crippen LogP contribution in [0.4, 0.5) is 5.82 Å². The van der Waals surface area contributed by atoms with Crippen LogP contribution in [0.15, 0.2) is 30.5 Å². The predicted molar refractivity (Wildman–Crippen MR) is 78.1 cm³/mol. The van der Waals surface area contributed by atoms with Crippen molar-refractivity contribution >= 4 is 16.7 Å². The van der Waals surface area contributed by atoms with Gasteiger partial charge >= 0.3 is 0 Å². The van der Waals surface area contributed by atoms with Crippen molar-refractivity contribution in [1.29, 1.82) is 10.5 Å². The maximum absolute atomic E-state index is 9.42. The molecule has 0 bridgehead atoms. The van der Waals surface area contributed by atoms with Gasteiger partial charge in [0.05, 0.1) is 17.7 Å². The Morgan fingerprint density at radius 3 is 2.86 bits per heavy atom. The number of fused-ring (bicyclic) bond motifs is 1. The third-order valence-corrected chi connectivity index (χ3v) is 3.54. The zero-order valence-corrected chi connectivity index (χ0v) is 11.1. The van der Waals surface area contributed by atoms with Crippen molar-refractivity contribution < 1.29 is 0 Å². The average Bonchev–Trinajstić information content (AvgIpc) is 3.08. The summed E-state index contributed by atoms with van der Waals surface area (Å²) in [6.45, 7) is 0. The number of nitrogen functional groups attached to an aromatic ring is 1. The molecule has 0 fully saturated rings. The van der Waals surface area contributed by atoms with Crippen LogP contribution in [0.2, 0.25) is 0 Å². The summed E-state index contributed by atoms with van der Waals surface area (Å²) in [5.74, 6) is -0.365. The van der Waals surface area contributed by atoms with Gasteiger partial charge in [0.1, 0.15) is 11.6 Å². The van der Waals surface area contributed by atoms with Crippen molar-refractivity contribution in [3.63, 3.8) is 0 Å². The maximum atomic E-state index is 9.42. The number of nitriles is 2. The average molecular weight is 276 g/mol. The van der Waals surface area contributed by atoms with Gasteiger partial charge in [0.25, 0.3) is 0 Å². The zero-order valence-electron chi connectivity index (χ0n) is 11.1. The first-order valence-electron chi connectivity index (χ1n) is 6.43. The first-order valence-corrected chi connectivity index (χ1v) is 6.43. The van der Waals surface area contributed by atoms with Gasteiger partial charge in [-0.15, -0.1) is 0 Å². The summed E-state index contributed by atoms with van der Waals surface area (Å²) >= 11 is 0. The highest BCUT2D eigenvalue weighted by molar-refractivity contribution is 5.83. The normalized spacial score (nSPS) is 11.9. The molecule has 0 spiro atoms. The molecule has 6 heteroatoms. The predicted octanol–water partition coefficient (Wildman–Crippen LogP) is 2.19. The Balaban J connectivity index is 1.99. The Labute approximate surface area is 120 Å². The van der Waals surface area contributed by atoms with E-state index in [9.17, 15) is 5.26 Å². The molecule has 0 aliphatic rings. The summed E-state index contributed by atoms with van der Waals surface area (Å²) in [5.41, 5.74) is 8.40. The Hall–Kier alpha value is -3.25. The molecule has 1 unspecified atom stereocenters. The van der Waals surface area contributed by atoms with Gasteiger partial charge in [-0.2, -0.15) is 15.6 Å². The number of rotatable bonds is 3. The molecule has 2 heterocycles. The lowest BCUT2D eigenvalue weighted by atomic mass is 9.95. The van der Waals surface area contributed by atoms with E-state index in [0.29, 0.717) is 12.1 Å². The van der Waals surface area contributed by atoms with Crippen LogP contribution in [0.25, 0.3) is 10.9 Å².